The maximum atomic E-state index is 5.71. The smallest absolute Gasteiger partial charge is 0.205 e. The third kappa shape index (κ3) is 3.20. The minimum atomic E-state index is 0.529. The summed E-state index contributed by atoms with van der Waals surface area (Å²) in [7, 11) is 0. The van der Waals surface area contributed by atoms with Crippen LogP contribution in [-0.4, -0.2) is 32.6 Å². The summed E-state index contributed by atoms with van der Waals surface area (Å²) in [6.45, 7) is 2.06. The minimum Gasteiger partial charge on any atom is -0.382 e. The SMILES string of the molecule is Nc1cc(C2CCN(c3nc(C4CCCCC4)ns3)CC2)[nH]n1. The minimum absolute atomic E-state index is 0.529. The summed E-state index contributed by atoms with van der Waals surface area (Å²) in [5, 5.41) is 8.21. The highest BCUT2D eigenvalue weighted by molar-refractivity contribution is 7.09. The van der Waals surface area contributed by atoms with E-state index >= 15 is 0 Å². The van der Waals surface area contributed by atoms with Crippen molar-refractivity contribution in [3.05, 3.63) is 17.6 Å². The van der Waals surface area contributed by atoms with Crippen LogP contribution in [0, 0.1) is 0 Å². The number of nitrogens with two attached hydrogens (primary N) is 1. The Morgan fingerprint density at radius 3 is 2.57 bits per heavy atom. The molecule has 23 heavy (non-hydrogen) atoms. The van der Waals surface area contributed by atoms with E-state index in [1.807, 2.05) is 6.07 Å². The van der Waals surface area contributed by atoms with Crippen LogP contribution in [0.2, 0.25) is 0 Å². The number of nitrogens with one attached hydrogen (secondary N) is 1. The van der Waals surface area contributed by atoms with Crippen LogP contribution >= 0.6 is 11.5 Å². The van der Waals surface area contributed by atoms with E-state index in [4.69, 9.17) is 10.7 Å². The van der Waals surface area contributed by atoms with Crippen LogP contribution in [-0.2, 0) is 0 Å². The molecule has 6 nitrogen and oxygen atoms in total. The van der Waals surface area contributed by atoms with Crippen LogP contribution in [0.4, 0.5) is 10.9 Å². The molecule has 0 radical (unpaired) electrons. The molecule has 0 atom stereocenters. The molecule has 2 aromatic heterocycles. The lowest BCUT2D eigenvalue weighted by Gasteiger charge is -2.30. The molecule has 4 rings (SSSR count). The molecule has 124 valence electrons. The van der Waals surface area contributed by atoms with E-state index in [1.165, 1.54) is 37.8 Å². The maximum Gasteiger partial charge on any atom is 0.205 e. The zero-order chi connectivity index (χ0) is 15.6. The zero-order valence-electron chi connectivity index (χ0n) is 13.4. The predicted octanol–water partition coefficient (Wildman–Crippen LogP) is 3.28. The van der Waals surface area contributed by atoms with Gasteiger partial charge in [0.25, 0.3) is 0 Å². The van der Waals surface area contributed by atoms with Gasteiger partial charge in [0.15, 0.2) is 0 Å². The van der Waals surface area contributed by atoms with Gasteiger partial charge >= 0.3 is 0 Å². The second-order valence-electron chi connectivity index (χ2n) is 6.78. The lowest BCUT2D eigenvalue weighted by molar-refractivity contribution is 0.431. The molecule has 1 aliphatic carbocycles. The Hall–Kier alpha value is -1.63. The summed E-state index contributed by atoms with van der Waals surface area (Å²) in [5.74, 6) is 2.80. The van der Waals surface area contributed by atoms with Crippen LogP contribution in [0.5, 0.6) is 0 Å². The fourth-order valence-corrected chi connectivity index (χ4v) is 4.62. The standard InChI is InChI=1S/C16H24N6S/c17-14-10-13(19-20-14)11-6-8-22(9-7-11)16-18-15(21-23-16)12-4-2-1-3-5-12/h10-12H,1-9H2,(H3,17,19,20). The fourth-order valence-electron chi connectivity index (χ4n) is 3.83. The molecule has 2 aliphatic rings. The normalized spacial score (nSPS) is 21.0. The highest BCUT2D eigenvalue weighted by atomic mass is 32.1. The van der Waals surface area contributed by atoms with Gasteiger partial charge in [0.1, 0.15) is 11.6 Å². The van der Waals surface area contributed by atoms with E-state index in [9.17, 15) is 0 Å². The number of hydrogen-bond acceptors (Lipinski definition) is 6. The topological polar surface area (TPSA) is 83.7 Å². The van der Waals surface area contributed by atoms with Gasteiger partial charge in [0.2, 0.25) is 5.13 Å². The first-order valence-electron chi connectivity index (χ1n) is 8.69. The number of H-pyrrole nitrogens is 1. The molecule has 0 aromatic carbocycles. The lowest BCUT2D eigenvalue weighted by Crippen LogP contribution is -2.32. The molecule has 2 fully saturated rings. The molecule has 3 heterocycles. The first-order valence-corrected chi connectivity index (χ1v) is 9.46. The molecule has 1 saturated heterocycles. The molecule has 3 N–H and O–H groups in total. The van der Waals surface area contributed by atoms with E-state index < -0.39 is 0 Å². The third-order valence-electron chi connectivity index (χ3n) is 5.22. The average Bonchev–Trinajstić information content (AvgIpc) is 3.25. The van der Waals surface area contributed by atoms with E-state index in [0.717, 1.165) is 36.9 Å². The van der Waals surface area contributed by atoms with Crippen LogP contribution in [0.1, 0.15) is 68.3 Å². The van der Waals surface area contributed by atoms with E-state index in [-0.39, 0.29) is 0 Å². The second kappa shape index (κ2) is 6.47. The highest BCUT2D eigenvalue weighted by Gasteiger charge is 2.26. The van der Waals surface area contributed by atoms with Gasteiger partial charge < -0.3 is 10.6 Å². The van der Waals surface area contributed by atoms with Gasteiger partial charge in [-0.25, -0.2) is 4.98 Å². The summed E-state index contributed by atoms with van der Waals surface area (Å²) >= 11 is 1.58. The van der Waals surface area contributed by atoms with Crippen molar-refractivity contribution in [2.45, 2.75) is 56.8 Å². The van der Waals surface area contributed by atoms with Crippen LogP contribution in [0.25, 0.3) is 0 Å². The molecular weight excluding hydrogens is 308 g/mol. The number of hydrogen-bond donors (Lipinski definition) is 2. The third-order valence-corrected chi connectivity index (χ3v) is 6.02. The summed E-state index contributed by atoms with van der Waals surface area (Å²) in [6, 6.07) is 1.96. The Bertz CT molecular complexity index is 637. The van der Waals surface area contributed by atoms with E-state index in [0.29, 0.717) is 17.7 Å². The van der Waals surface area contributed by atoms with Gasteiger partial charge in [-0.05, 0) is 25.7 Å². The fraction of sp³-hybridized carbons (Fsp3) is 0.688. The molecule has 0 amide bonds. The molecule has 1 saturated carbocycles. The zero-order valence-corrected chi connectivity index (χ0v) is 14.2. The molecule has 0 spiro atoms. The molecule has 7 heteroatoms. The first kappa shape index (κ1) is 14.9. The van der Waals surface area contributed by atoms with Crippen molar-refractivity contribution < 1.29 is 0 Å². The lowest BCUT2D eigenvalue weighted by atomic mass is 9.89. The van der Waals surface area contributed by atoms with Crippen molar-refractivity contribution in [3.8, 4) is 0 Å². The summed E-state index contributed by atoms with van der Waals surface area (Å²) in [5.41, 5.74) is 6.88. The molecule has 1 aliphatic heterocycles. The Morgan fingerprint density at radius 2 is 1.87 bits per heavy atom. The molecular formula is C16H24N6S. The van der Waals surface area contributed by atoms with Crippen molar-refractivity contribution in [1.82, 2.24) is 19.6 Å². The Balaban J connectivity index is 1.37. The van der Waals surface area contributed by atoms with Crippen LogP contribution < -0.4 is 10.6 Å². The number of rotatable bonds is 3. The average molecular weight is 332 g/mol. The van der Waals surface area contributed by atoms with Gasteiger partial charge in [-0.2, -0.15) is 9.47 Å². The van der Waals surface area contributed by atoms with E-state index in [2.05, 4.69) is 19.5 Å². The van der Waals surface area contributed by atoms with Crippen LogP contribution in [0.3, 0.4) is 0 Å². The van der Waals surface area contributed by atoms with Gasteiger partial charge in [0, 0.05) is 48.2 Å². The second-order valence-corrected chi connectivity index (χ2v) is 7.51. The van der Waals surface area contributed by atoms with Crippen molar-refractivity contribution in [1.29, 1.82) is 0 Å². The van der Waals surface area contributed by atoms with Gasteiger partial charge in [-0.1, -0.05) is 19.3 Å². The van der Waals surface area contributed by atoms with Gasteiger partial charge in [0.05, 0.1) is 0 Å². The van der Waals surface area contributed by atoms with Gasteiger partial charge in [-0.15, -0.1) is 0 Å². The maximum absolute atomic E-state index is 5.71. The molecule has 0 unspecified atom stereocenters. The summed E-state index contributed by atoms with van der Waals surface area (Å²) in [6.07, 6.45) is 8.79. The monoisotopic (exact) mass is 332 g/mol. The Labute approximate surface area is 140 Å². The quantitative estimate of drug-likeness (QED) is 0.901. The van der Waals surface area contributed by atoms with Crippen molar-refractivity contribution >= 4 is 22.5 Å². The largest absolute Gasteiger partial charge is 0.382 e. The highest BCUT2D eigenvalue weighted by Crippen LogP contribution is 2.35. The Morgan fingerprint density at radius 1 is 1.09 bits per heavy atom. The van der Waals surface area contributed by atoms with E-state index in [1.54, 1.807) is 11.5 Å². The van der Waals surface area contributed by atoms with Crippen molar-refractivity contribution in [3.63, 3.8) is 0 Å². The van der Waals surface area contributed by atoms with Gasteiger partial charge in [-0.3, -0.25) is 5.10 Å². The van der Waals surface area contributed by atoms with Crippen molar-refractivity contribution in [2.24, 2.45) is 0 Å². The number of anilines is 2. The molecule has 0 bridgehead atoms. The first-order chi connectivity index (χ1) is 11.3. The number of nitrogens with zero attached hydrogens (tertiary/aromatic N) is 4. The molecule has 2 aromatic rings. The Kier molecular flexibility index (Phi) is 4.20. The number of aromatic nitrogens is 4. The number of aromatic amines is 1. The van der Waals surface area contributed by atoms with Crippen molar-refractivity contribution in [2.75, 3.05) is 23.7 Å². The number of piperidine rings is 1. The summed E-state index contributed by atoms with van der Waals surface area (Å²) < 4.78 is 4.65. The number of nitrogen functional groups attached to an aromatic ring is 1. The predicted molar refractivity (Wildman–Crippen MR) is 92.9 cm³/mol. The summed E-state index contributed by atoms with van der Waals surface area (Å²) in [4.78, 5) is 7.24. The van der Waals surface area contributed by atoms with Crippen LogP contribution in [0.15, 0.2) is 6.07 Å².